The number of hydrogen-bond acceptors (Lipinski definition) is 3. The molecule has 0 aliphatic heterocycles. The highest BCUT2D eigenvalue weighted by Crippen LogP contribution is 2.27. The lowest BCUT2D eigenvalue weighted by atomic mass is 9.83. The van der Waals surface area contributed by atoms with Crippen molar-refractivity contribution in [3.63, 3.8) is 0 Å². The molecule has 1 rings (SSSR count). The second-order valence-electron chi connectivity index (χ2n) is 5.52. The fourth-order valence-electron chi connectivity index (χ4n) is 2.83. The van der Waals surface area contributed by atoms with Crippen molar-refractivity contribution in [1.82, 2.24) is 10.6 Å². The van der Waals surface area contributed by atoms with Gasteiger partial charge in [0.2, 0.25) is 0 Å². The third kappa shape index (κ3) is 6.01. The SMILES string of the molecule is CCC(NC(=O)N[C@@H](CC(=O)O)C(=O)O)C1CCCCC1. The van der Waals surface area contributed by atoms with E-state index in [4.69, 9.17) is 10.2 Å². The summed E-state index contributed by atoms with van der Waals surface area (Å²) < 4.78 is 0. The Morgan fingerprint density at radius 1 is 1.10 bits per heavy atom. The van der Waals surface area contributed by atoms with Crippen LogP contribution >= 0.6 is 0 Å². The smallest absolute Gasteiger partial charge is 0.326 e. The molecular formula is C14H24N2O5. The van der Waals surface area contributed by atoms with Crippen molar-refractivity contribution in [3.05, 3.63) is 0 Å². The maximum Gasteiger partial charge on any atom is 0.326 e. The molecule has 21 heavy (non-hydrogen) atoms. The van der Waals surface area contributed by atoms with E-state index in [-0.39, 0.29) is 6.04 Å². The number of carbonyl (C=O) groups is 3. The number of hydrogen-bond donors (Lipinski definition) is 4. The van der Waals surface area contributed by atoms with Crippen LogP contribution < -0.4 is 10.6 Å². The Hall–Kier alpha value is -1.79. The van der Waals surface area contributed by atoms with Crippen LogP contribution in [-0.2, 0) is 9.59 Å². The van der Waals surface area contributed by atoms with Gasteiger partial charge in [0.1, 0.15) is 6.04 Å². The highest BCUT2D eigenvalue weighted by Gasteiger charge is 2.27. The molecule has 7 heteroatoms. The summed E-state index contributed by atoms with van der Waals surface area (Å²) in [6, 6.07) is -2.02. The molecular weight excluding hydrogens is 276 g/mol. The van der Waals surface area contributed by atoms with Gasteiger partial charge in [-0.15, -0.1) is 0 Å². The van der Waals surface area contributed by atoms with E-state index in [1.807, 2.05) is 6.92 Å². The van der Waals surface area contributed by atoms with Crippen LogP contribution in [0.1, 0.15) is 51.9 Å². The predicted octanol–water partition coefficient (Wildman–Crippen LogP) is 1.57. The minimum absolute atomic E-state index is 0.00423. The Morgan fingerprint density at radius 2 is 1.71 bits per heavy atom. The van der Waals surface area contributed by atoms with E-state index in [0.29, 0.717) is 5.92 Å². The van der Waals surface area contributed by atoms with Gasteiger partial charge in [0, 0.05) is 6.04 Å². The predicted molar refractivity (Wildman–Crippen MR) is 76.0 cm³/mol. The number of nitrogens with one attached hydrogen (secondary N) is 2. The van der Waals surface area contributed by atoms with Crippen molar-refractivity contribution in [2.75, 3.05) is 0 Å². The van der Waals surface area contributed by atoms with Crippen LogP contribution in [0.2, 0.25) is 0 Å². The Bertz CT molecular complexity index is 380. The van der Waals surface area contributed by atoms with E-state index in [9.17, 15) is 14.4 Å². The van der Waals surface area contributed by atoms with Gasteiger partial charge in [-0.1, -0.05) is 26.2 Å². The minimum atomic E-state index is -1.41. The summed E-state index contributed by atoms with van der Waals surface area (Å²) in [7, 11) is 0. The first-order valence-electron chi connectivity index (χ1n) is 7.45. The molecule has 120 valence electrons. The van der Waals surface area contributed by atoms with Crippen molar-refractivity contribution >= 4 is 18.0 Å². The van der Waals surface area contributed by atoms with E-state index >= 15 is 0 Å². The third-order valence-corrected chi connectivity index (χ3v) is 3.96. The van der Waals surface area contributed by atoms with E-state index in [2.05, 4.69) is 10.6 Å². The minimum Gasteiger partial charge on any atom is -0.481 e. The second kappa shape index (κ2) is 8.49. The average molecular weight is 300 g/mol. The number of aliphatic carboxylic acids is 2. The van der Waals surface area contributed by atoms with E-state index in [1.54, 1.807) is 0 Å². The zero-order valence-corrected chi connectivity index (χ0v) is 12.3. The Labute approximate surface area is 124 Å². The van der Waals surface area contributed by atoms with Crippen molar-refractivity contribution in [1.29, 1.82) is 0 Å². The topological polar surface area (TPSA) is 116 Å². The monoisotopic (exact) mass is 300 g/mol. The molecule has 4 N–H and O–H groups in total. The quantitative estimate of drug-likeness (QED) is 0.569. The van der Waals surface area contributed by atoms with Crippen LogP contribution in [0.25, 0.3) is 0 Å². The van der Waals surface area contributed by atoms with Crippen LogP contribution in [0, 0.1) is 5.92 Å². The van der Waals surface area contributed by atoms with E-state index < -0.39 is 30.4 Å². The lowest BCUT2D eigenvalue weighted by Gasteiger charge is -2.30. The van der Waals surface area contributed by atoms with Crippen molar-refractivity contribution in [2.24, 2.45) is 5.92 Å². The van der Waals surface area contributed by atoms with Gasteiger partial charge in [-0.3, -0.25) is 4.79 Å². The van der Waals surface area contributed by atoms with Gasteiger partial charge in [0.15, 0.2) is 0 Å². The van der Waals surface area contributed by atoms with E-state index in [1.165, 1.54) is 6.42 Å². The van der Waals surface area contributed by atoms with Crippen LogP contribution in [0.15, 0.2) is 0 Å². The molecule has 2 atom stereocenters. The molecule has 1 unspecified atom stereocenters. The number of carboxylic acid groups (broad SMARTS) is 2. The van der Waals surface area contributed by atoms with Crippen molar-refractivity contribution in [3.8, 4) is 0 Å². The number of carboxylic acids is 2. The summed E-state index contributed by atoms with van der Waals surface area (Å²) in [4.78, 5) is 33.4. The summed E-state index contributed by atoms with van der Waals surface area (Å²) in [5.74, 6) is -2.20. The maximum absolute atomic E-state index is 11.9. The molecule has 0 saturated heterocycles. The Kier molecular flexibility index (Phi) is 6.98. The molecule has 0 radical (unpaired) electrons. The number of carbonyl (C=O) groups excluding carboxylic acids is 1. The molecule has 1 fully saturated rings. The molecule has 0 aromatic heterocycles. The summed E-state index contributed by atoms with van der Waals surface area (Å²) in [6.07, 6.45) is 5.80. The first-order chi connectivity index (χ1) is 9.93. The second-order valence-corrected chi connectivity index (χ2v) is 5.52. The largest absolute Gasteiger partial charge is 0.481 e. The molecule has 1 aliphatic carbocycles. The van der Waals surface area contributed by atoms with Crippen molar-refractivity contribution in [2.45, 2.75) is 64.0 Å². The van der Waals surface area contributed by atoms with Crippen molar-refractivity contribution < 1.29 is 24.6 Å². The molecule has 7 nitrogen and oxygen atoms in total. The normalized spacial score (nSPS) is 18.5. The lowest BCUT2D eigenvalue weighted by Crippen LogP contribution is -2.51. The number of urea groups is 1. The van der Waals surface area contributed by atoms with E-state index in [0.717, 1.165) is 32.1 Å². The van der Waals surface area contributed by atoms with Gasteiger partial charge >= 0.3 is 18.0 Å². The standard InChI is InChI=1S/C14H24N2O5/c1-2-10(9-6-4-3-5-7-9)15-14(21)16-11(13(19)20)8-12(17)18/h9-11H,2-8H2,1H3,(H,17,18)(H,19,20)(H2,15,16,21)/t10?,11-/m0/s1. The van der Waals surface area contributed by atoms with Crippen LogP contribution in [0.5, 0.6) is 0 Å². The number of amides is 2. The maximum atomic E-state index is 11.9. The van der Waals surface area contributed by atoms with Crippen LogP contribution in [0.4, 0.5) is 4.79 Å². The number of rotatable bonds is 7. The molecule has 0 spiro atoms. The summed E-state index contributed by atoms with van der Waals surface area (Å²) in [5, 5.41) is 22.6. The molecule has 1 aliphatic rings. The van der Waals surface area contributed by atoms with Gasteiger partial charge in [0.05, 0.1) is 6.42 Å². The zero-order chi connectivity index (χ0) is 15.8. The zero-order valence-electron chi connectivity index (χ0n) is 12.3. The molecule has 1 saturated carbocycles. The highest BCUT2D eigenvalue weighted by molar-refractivity contribution is 5.86. The molecule has 0 heterocycles. The van der Waals surface area contributed by atoms with Gasteiger partial charge < -0.3 is 20.8 Å². The molecule has 2 amide bonds. The Balaban J connectivity index is 2.52. The third-order valence-electron chi connectivity index (χ3n) is 3.96. The average Bonchev–Trinajstić information content (AvgIpc) is 2.44. The molecule has 0 aromatic carbocycles. The fraction of sp³-hybridized carbons (Fsp3) is 0.786. The fourth-order valence-corrected chi connectivity index (χ4v) is 2.83. The lowest BCUT2D eigenvalue weighted by molar-refractivity contribution is -0.145. The van der Waals surface area contributed by atoms with Crippen LogP contribution in [-0.4, -0.2) is 40.3 Å². The molecule has 0 aromatic rings. The summed E-state index contributed by atoms with van der Waals surface area (Å²) >= 11 is 0. The van der Waals surface area contributed by atoms with Gasteiger partial charge in [-0.25, -0.2) is 9.59 Å². The summed E-state index contributed by atoms with van der Waals surface area (Å²) in [5.41, 5.74) is 0. The van der Waals surface area contributed by atoms with Gasteiger partial charge in [-0.2, -0.15) is 0 Å². The summed E-state index contributed by atoms with van der Waals surface area (Å²) in [6.45, 7) is 1.98. The van der Waals surface area contributed by atoms with Crippen LogP contribution in [0.3, 0.4) is 0 Å². The first-order valence-corrected chi connectivity index (χ1v) is 7.45. The Morgan fingerprint density at radius 3 is 2.19 bits per heavy atom. The van der Waals surface area contributed by atoms with Gasteiger partial charge in [-0.05, 0) is 25.2 Å². The highest BCUT2D eigenvalue weighted by atomic mass is 16.4. The first kappa shape index (κ1) is 17.3. The van der Waals surface area contributed by atoms with Gasteiger partial charge in [0.25, 0.3) is 0 Å². The molecule has 0 bridgehead atoms.